The van der Waals surface area contributed by atoms with Crippen molar-refractivity contribution in [3.05, 3.63) is 0 Å². The first-order valence-electron chi connectivity index (χ1n) is 5.74. The molecule has 1 aliphatic rings. The van der Waals surface area contributed by atoms with Crippen LogP contribution in [0, 0.1) is 11.3 Å². The molecule has 2 unspecified atom stereocenters. The summed E-state index contributed by atoms with van der Waals surface area (Å²) in [5, 5.41) is 13.8. The Labute approximate surface area is 105 Å². The maximum absolute atomic E-state index is 11.4. The van der Waals surface area contributed by atoms with Gasteiger partial charge in [0.05, 0.1) is 6.07 Å². The highest BCUT2D eigenvalue weighted by Gasteiger charge is 2.27. The Morgan fingerprint density at radius 1 is 1.41 bits per heavy atom. The van der Waals surface area contributed by atoms with E-state index >= 15 is 0 Å². The Bertz CT molecular complexity index is 327. The molecule has 2 N–H and O–H groups in total. The zero-order chi connectivity index (χ0) is 12.7. The van der Waals surface area contributed by atoms with Gasteiger partial charge in [0, 0.05) is 11.3 Å². The van der Waals surface area contributed by atoms with Crippen molar-refractivity contribution in [2.45, 2.75) is 37.5 Å². The van der Waals surface area contributed by atoms with Crippen molar-refractivity contribution in [2.75, 3.05) is 12.3 Å². The lowest BCUT2D eigenvalue weighted by Gasteiger charge is -2.12. The van der Waals surface area contributed by atoms with E-state index in [1.165, 1.54) is 0 Å². The monoisotopic (exact) mass is 255 g/mol. The first-order valence-corrected chi connectivity index (χ1v) is 6.79. The molecule has 2 atom stereocenters. The lowest BCUT2D eigenvalue weighted by atomic mass is 10.2. The van der Waals surface area contributed by atoms with Crippen LogP contribution in [0.15, 0.2) is 0 Å². The van der Waals surface area contributed by atoms with Crippen LogP contribution in [0.2, 0.25) is 0 Å². The lowest BCUT2D eigenvalue weighted by molar-refractivity contribution is -0.139. The Kier molecular flexibility index (Phi) is 5.84. The molecular weight excluding hydrogens is 238 g/mol. The number of carbonyl (C=O) groups is 2. The summed E-state index contributed by atoms with van der Waals surface area (Å²) in [7, 11) is 0. The highest BCUT2D eigenvalue weighted by Crippen LogP contribution is 2.29. The van der Waals surface area contributed by atoms with Crippen LogP contribution in [0.4, 0.5) is 0 Å². The second-order valence-corrected chi connectivity index (χ2v) is 5.48. The molecule has 17 heavy (non-hydrogen) atoms. The molecule has 0 heterocycles. The molecule has 1 aliphatic carbocycles. The Morgan fingerprint density at radius 3 is 2.82 bits per heavy atom. The summed E-state index contributed by atoms with van der Waals surface area (Å²) in [5.74, 6) is -0.279. The fraction of sp³-hybridized carbons (Fsp3) is 0.727. The average Bonchev–Trinajstić information content (AvgIpc) is 2.74. The van der Waals surface area contributed by atoms with Crippen LogP contribution in [0.3, 0.4) is 0 Å². The van der Waals surface area contributed by atoms with E-state index in [0.717, 1.165) is 25.0 Å². The third-order valence-corrected chi connectivity index (χ3v) is 3.89. The van der Waals surface area contributed by atoms with Gasteiger partial charge in [-0.3, -0.25) is 9.59 Å². The SMILES string of the molecule is CCSC1CCC(NC(=O)C(=O)NCC#N)C1. The number of carbonyl (C=O) groups excluding carboxylic acids is 2. The van der Waals surface area contributed by atoms with Gasteiger partial charge >= 0.3 is 11.8 Å². The van der Waals surface area contributed by atoms with E-state index in [-0.39, 0.29) is 12.6 Å². The number of hydrogen-bond donors (Lipinski definition) is 2. The molecule has 1 fully saturated rings. The van der Waals surface area contributed by atoms with Gasteiger partial charge in [0.2, 0.25) is 0 Å². The summed E-state index contributed by atoms with van der Waals surface area (Å²) >= 11 is 1.90. The lowest BCUT2D eigenvalue weighted by Crippen LogP contribution is -2.44. The van der Waals surface area contributed by atoms with Crippen LogP contribution < -0.4 is 10.6 Å². The highest BCUT2D eigenvalue weighted by atomic mass is 32.2. The van der Waals surface area contributed by atoms with Crippen LogP contribution in [-0.2, 0) is 9.59 Å². The van der Waals surface area contributed by atoms with Gasteiger partial charge in [0.25, 0.3) is 0 Å². The number of thioether (sulfide) groups is 1. The van der Waals surface area contributed by atoms with E-state index in [1.807, 2.05) is 11.8 Å². The van der Waals surface area contributed by atoms with E-state index < -0.39 is 11.8 Å². The standard InChI is InChI=1S/C11H17N3O2S/c1-2-17-9-4-3-8(7-9)14-11(16)10(15)13-6-5-12/h8-9H,2-4,6-7H2,1H3,(H,13,15)(H,14,16). The van der Waals surface area contributed by atoms with Crippen molar-refractivity contribution in [3.63, 3.8) is 0 Å². The molecule has 1 saturated carbocycles. The molecule has 0 spiro atoms. The molecular formula is C11H17N3O2S. The number of amides is 2. The summed E-state index contributed by atoms with van der Waals surface area (Å²) in [6, 6.07) is 1.85. The molecule has 0 aliphatic heterocycles. The van der Waals surface area contributed by atoms with Crippen molar-refractivity contribution >= 4 is 23.6 Å². The molecule has 1 rings (SSSR count). The minimum atomic E-state index is -0.724. The molecule has 0 aromatic carbocycles. The molecule has 0 saturated heterocycles. The summed E-state index contributed by atoms with van der Waals surface area (Å²) in [5.41, 5.74) is 0. The number of nitriles is 1. The van der Waals surface area contributed by atoms with Crippen molar-refractivity contribution in [1.29, 1.82) is 5.26 Å². The summed E-state index contributed by atoms with van der Waals surface area (Å²) in [6.07, 6.45) is 2.94. The number of hydrogen-bond acceptors (Lipinski definition) is 4. The van der Waals surface area contributed by atoms with E-state index in [2.05, 4.69) is 17.6 Å². The van der Waals surface area contributed by atoms with Gasteiger partial charge in [0.15, 0.2) is 0 Å². The minimum Gasteiger partial charge on any atom is -0.345 e. The zero-order valence-corrected chi connectivity index (χ0v) is 10.7. The number of nitrogens with one attached hydrogen (secondary N) is 2. The quantitative estimate of drug-likeness (QED) is 0.563. The summed E-state index contributed by atoms with van der Waals surface area (Å²) < 4.78 is 0. The van der Waals surface area contributed by atoms with Gasteiger partial charge in [-0.1, -0.05) is 6.92 Å². The Hall–Kier alpha value is -1.22. The number of nitrogens with zero attached hydrogens (tertiary/aromatic N) is 1. The average molecular weight is 255 g/mol. The van der Waals surface area contributed by atoms with Crippen LogP contribution >= 0.6 is 11.8 Å². The van der Waals surface area contributed by atoms with Crippen LogP contribution in [0.5, 0.6) is 0 Å². The third-order valence-electron chi connectivity index (χ3n) is 2.66. The predicted octanol–water partition coefficient (Wildman–Crippen LogP) is 0.417. The topological polar surface area (TPSA) is 82.0 Å². The second-order valence-electron chi connectivity index (χ2n) is 3.90. The Balaban J connectivity index is 2.28. The highest BCUT2D eigenvalue weighted by molar-refractivity contribution is 7.99. The van der Waals surface area contributed by atoms with Crippen molar-refractivity contribution in [3.8, 4) is 6.07 Å². The Morgan fingerprint density at radius 2 is 2.18 bits per heavy atom. The maximum atomic E-state index is 11.4. The van der Waals surface area contributed by atoms with Gasteiger partial charge in [0.1, 0.15) is 6.54 Å². The van der Waals surface area contributed by atoms with Gasteiger partial charge in [-0.2, -0.15) is 17.0 Å². The van der Waals surface area contributed by atoms with E-state index in [1.54, 1.807) is 6.07 Å². The van der Waals surface area contributed by atoms with Gasteiger partial charge in [-0.25, -0.2) is 0 Å². The van der Waals surface area contributed by atoms with E-state index in [0.29, 0.717) is 5.25 Å². The van der Waals surface area contributed by atoms with Crippen molar-refractivity contribution in [1.82, 2.24) is 10.6 Å². The molecule has 0 aromatic heterocycles. The van der Waals surface area contributed by atoms with Gasteiger partial charge < -0.3 is 10.6 Å². The molecule has 0 radical (unpaired) electrons. The summed E-state index contributed by atoms with van der Waals surface area (Å²) in [4.78, 5) is 22.6. The molecule has 6 heteroatoms. The molecule has 94 valence electrons. The summed E-state index contributed by atoms with van der Waals surface area (Å²) in [6.45, 7) is 1.98. The largest absolute Gasteiger partial charge is 0.345 e. The fourth-order valence-electron chi connectivity index (χ4n) is 1.91. The fourth-order valence-corrected chi connectivity index (χ4v) is 3.05. The predicted molar refractivity (Wildman–Crippen MR) is 66.3 cm³/mol. The van der Waals surface area contributed by atoms with E-state index in [4.69, 9.17) is 5.26 Å². The van der Waals surface area contributed by atoms with Crippen molar-refractivity contribution < 1.29 is 9.59 Å². The molecule has 0 bridgehead atoms. The molecule has 5 nitrogen and oxygen atoms in total. The second kappa shape index (κ2) is 7.17. The molecule has 2 amide bonds. The third kappa shape index (κ3) is 4.65. The van der Waals surface area contributed by atoms with Crippen LogP contribution in [0.25, 0.3) is 0 Å². The number of rotatable bonds is 4. The molecule has 0 aromatic rings. The first-order chi connectivity index (χ1) is 8.17. The minimum absolute atomic E-state index is 0.0967. The van der Waals surface area contributed by atoms with Crippen LogP contribution in [0.1, 0.15) is 26.2 Å². The first kappa shape index (κ1) is 13.8. The smallest absolute Gasteiger partial charge is 0.310 e. The van der Waals surface area contributed by atoms with E-state index in [9.17, 15) is 9.59 Å². The maximum Gasteiger partial charge on any atom is 0.310 e. The van der Waals surface area contributed by atoms with Gasteiger partial charge in [-0.05, 0) is 25.0 Å². The van der Waals surface area contributed by atoms with Crippen LogP contribution in [-0.4, -0.2) is 35.4 Å². The normalized spacial score (nSPS) is 22.8. The van der Waals surface area contributed by atoms with Gasteiger partial charge in [-0.15, -0.1) is 0 Å². The van der Waals surface area contributed by atoms with Crippen molar-refractivity contribution in [2.24, 2.45) is 0 Å². The zero-order valence-electron chi connectivity index (χ0n) is 9.86.